The molecule has 0 radical (unpaired) electrons. The standard InChI is InChI=1S/C17H16BrN3/c1-12-5-4-6-13(9-12)10-21-11-16(19)17(20-21)14-7-2-3-8-15(14)18/h2-9,11H,10,19H2,1H3. The molecule has 21 heavy (non-hydrogen) atoms. The average Bonchev–Trinajstić information content (AvgIpc) is 2.80. The van der Waals surface area contributed by atoms with Crippen LogP contribution in [0, 0.1) is 6.92 Å². The third-order valence-electron chi connectivity index (χ3n) is 3.35. The Morgan fingerprint density at radius 3 is 2.71 bits per heavy atom. The van der Waals surface area contributed by atoms with Crippen LogP contribution in [-0.2, 0) is 6.54 Å². The zero-order valence-corrected chi connectivity index (χ0v) is 13.3. The zero-order valence-electron chi connectivity index (χ0n) is 11.8. The highest BCUT2D eigenvalue weighted by atomic mass is 79.9. The van der Waals surface area contributed by atoms with Crippen LogP contribution in [0.25, 0.3) is 11.3 Å². The van der Waals surface area contributed by atoms with Crippen molar-refractivity contribution in [3.63, 3.8) is 0 Å². The summed E-state index contributed by atoms with van der Waals surface area (Å²) in [5.74, 6) is 0. The van der Waals surface area contributed by atoms with Gasteiger partial charge in [0, 0.05) is 16.2 Å². The van der Waals surface area contributed by atoms with Crippen molar-refractivity contribution in [2.24, 2.45) is 0 Å². The molecule has 0 saturated carbocycles. The molecule has 0 saturated heterocycles. The van der Waals surface area contributed by atoms with Crippen LogP contribution < -0.4 is 5.73 Å². The molecule has 0 amide bonds. The molecule has 0 aliphatic carbocycles. The lowest BCUT2D eigenvalue weighted by Gasteiger charge is -2.03. The minimum Gasteiger partial charge on any atom is -0.396 e. The van der Waals surface area contributed by atoms with Gasteiger partial charge in [0.25, 0.3) is 0 Å². The van der Waals surface area contributed by atoms with Crippen LogP contribution in [0.2, 0.25) is 0 Å². The van der Waals surface area contributed by atoms with E-state index in [9.17, 15) is 0 Å². The Balaban J connectivity index is 1.93. The van der Waals surface area contributed by atoms with Gasteiger partial charge in [0.1, 0.15) is 5.69 Å². The molecule has 0 aliphatic heterocycles. The summed E-state index contributed by atoms with van der Waals surface area (Å²) >= 11 is 3.55. The molecular formula is C17H16BrN3. The largest absolute Gasteiger partial charge is 0.396 e. The first kappa shape index (κ1) is 13.9. The highest BCUT2D eigenvalue weighted by Crippen LogP contribution is 2.30. The van der Waals surface area contributed by atoms with Gasteiger partial charge in [-0.25, -0.2) is 0 Å². The second-order valence-corrected chi connectivity index (χ2v) is 5.95. The van der Waals surface area contributed by atoms with Gasteiger partial charge in [0.2, 0.25) is 0 Å². The number of aryl methyl sites for hydroxylation is 1. The molecule has 3 aromatic rings. The fourth-order valence-electron chi connectivity index (χ4n) is 2.38. The van der Waals surface area contributed by atoms with E-state index < -0.39 is 0 Å². The molecule has 4 heteroatoms. The lowest BCUT2D eigenvalue weighted by Crippen LogP contribution is -2.00. The van der Waals surface area contributed by atoms with E-state index in [0.29, 0.717) is 5.69 Å². The highest BCUT2D eigenvalue weighted by Gasteiger charge is 2.11. The van der Waals surface area contributed by atoms with E-state index in [0.717, 1.165) is 22.3 Å². The molecule has 0 aliphatic rings. The van der Waals surface area contributed by atoms with Crippen molar-refractivity contribution in [2.75, 3.05) is 5.73 Å². The summed E-state index contributed by atoms with van der Waals surface area (Å²) in [7, 11) is 0. The van der Waals surface area contributed by atoms with Gasteiger partial charge in [0.15, 0.2) is 0 Å². The van der Waals surface area contributed by atoms with Crippen molar-refractivity contribution in [2.45, 2.75) is 13.5 Å². The third-order valence-corrected chi connectivity index (χ3v) is 4.04. The van der Waals surface area contributed by atoms with Crippen LogP contribution in [0.4, 0.5) is 5.69 Å². The molecule has 1 aromatic heterocycles. The second-order valence-electron chi connectivity index (χ2n) is 5.10. The van der Waals surface area contributed by atoms with Gasteiger partial charge in [-0.3, -0.25) is 4.68 Å². The second kappa shape index (κ2) is 5.74. The van der Waals surface area contributed by atoms with Crippen LogP contribution in [0.5, 0.6) is 0 Å². The summed E-state index contributed by atoms with van der Waals surface area (Å²) in [6, 6.07) is 16.4. The van der Waals surface area contributed by atoms with Crippen molar-refractivity contribution in [3.05, 3.63) is 70.3 Å². The number of hydrogen-bond acceptors (Lipinski definition) is 2. The normalized spacial score (nSPS) is 10.8. The van der Waals surface area contributed by atoms with Gasteiger partial charge in [-0.15, -0.1) is 0 Å². The van der Waals surface area contributed by atoms with E-state index in [1.54, 1.807) is 0 Å². The van der Waals surface area contributed by atoms with E-state index in [1.807, 2.05) is 35.1 Å². The number of nitrogens with two attached hydrogens (primary N) is 1. The Bertz CT molecular complexity index is 777. The Kier molecular flexibility index (Phi) is 3.80. The average molecular weight is 342 g/mol. The first-order valence-corrected chi connectivity index (χ1v) is 7.56. The van der Waals surface area contributed by atoms with Crippen molar-refractivity contribution in [1.82, 2.24) is 9.78 Å². The number of rotatable bonds is 3. The zero-order chi connectivity index (χ0) is 14.8. The van der Waals surface area contributed by atoms with Gasteiger partial charge in [-0.05, 0) is 18.6 Å². The Labute approximate surface area is 132 Å². The molecule has 0 bridgehead atoms. The Morgan fingerprint density at radius 2 is 1.95 bits per heavy atom. The summed E-state index contributed by atoms with van der Waals surface area (Å²) in [5.41, 5.74) is 11.1. The highest BCUT2D eigenvalue weighted by molar-refractivity contribution is 9.10. The molecular weight excluding hydrogens is 326 g/mol. The molecule has 106 valence electrons. The summed E-state index contributed by atoms with van der Waals surface area (Å²) in [6.45, 7) is 2.81. The molecule has 2 N–H and O–H groups in total. The molecule has 0 unspecified atom stereocenters. The van der Waals surface area contributed by atoms with Crippen LogP contribution in [-0.4, -0.2) is 9.78 Å². The van der Waals surface area contributed by atoms with Gasteiger partial charge in [0.05, 0.1) is 12.2 Å². The van der Waals surface area contributed by atoms with Gasteiger partial charge in [-0.2, -0.15) is 5.10 Å². The number of hydrogen-bond donors (Lipinski definition) is 1. The number of nitrogens with zero attached hydrogens (tertiary/aromatic N) is 2. The van der Waals surface area contributed by atoms with Crippen molar-refractivity contribution in [1.29, 1.82) is 0 Å². The molecule has 3 nitrogen and oxygen atoms in total. The van der Waals surface area contributed by atoms with E-state index in [1.165, 1.54) is 11.1 Å². The van der Waals surface area contributed by atoms with Gasteiger partial charge in [-0.1, -0.05) is 64.0 Å². The molecule has 2 aromatic carbocycles. The molecule has 3 rings (SSSR count). The van der Waals surface area contributed by atoms with E-state index in [4.69, 9.17) is 5.73 Å². The molecule has 1 heterocycles. The van der Waals surface area contributed by atoms with Crippen LogP contribution in [0.15, 0.2) is 59.2 Å². The van der Waals surface area contributed by atoms with Gasteiger partial charge >= 0.3 is 0 Å². The predicted octanol–water partition coefficient (Wildman–Crippen LogP) is 4.25. The molecule has 0 atom stereocenters. The fraction of sp³-hybridized carbons (Fsp3) is 0.118. The SMILES string of the molecule is Cc1cccc(Cn2cc(N)c(-c3ccccc3Br)n2)c1. The first-order chi connectivity index (χ1) is 10.1. The number of halogens is 1. The number of anilines is 1. The van der Waals surface area contributed by atoms with E-state index in [2.05, 4.69) is 52.2 Å². The number of benzene rings is 2. The summed E-state index contributed by atoms with van der Waals surface area (Å²) in [6.07, 6.45) is 1.89. The van der Waals surface area contributed by atoms with Crippen molar-refractivity contribution >= 4 is 21.6 Å². The minimum atomic E-state index is 0.689. The van der Waals surface area contributed by atoms with E-state index in [-0.39, 0.29) is 0 Å². The smallest absolute Gasteiger partial charge is 0.116 e. The maximum atomic E-state index is 6.12. The summed E-state index contributed by atoms with van der Waals surface area (Å²) in [4.78, 5) is 0. The Morgan fingerprint density at radius 1 is 1.14 bits per heavy atom. The maximum Gasteiger partial charge on any atom is 0.116 e. The quantitative estimate of drug-likeness (QED) is 0.773. The fourth-order valence-corrected chi connectivity index (χ4v) is 2.85. The first-order valence-electron chi connectivity index (χ1n) is 6.77. The monoisotopic (exact) mass is 341 g/mol. The third kappa shape index (κ3) is 3.00. The minimum absolute atomic E-state index is 0.689. The molecule has 0 fully saturated rings. The summed E-state index contributed by atoms with van der Waals surface area (Å²) < 4.78 is 2.89. The van der Waals surface area contributed by atoms with Crippen LogP contribution in [0.3, 0.4) is 0 Å². The summed E-state index contributed by atoms with van der Waals surface area (Å²) in [5, 5.41) is 4.63. The van der Waals surface area contributed by atoms with Crippen LogP contribution in [0.1, 0.15) is 11.1 Å². The van der Waals surface area contributed by atoms with Crippen molar-refractivity contribution < 1.29 is 0 Å². The lowest BCUT2D eigenvalue weighted by atomic mass is 10.1. The maximum absolute atomic E-state index is 6.12. The van der Waals surface area contributed by atoms with Crippen LogP contribution >= 0.6 is 15.9 Å². The molecule has 0 spiro atoms. The van der Waals surface area contributed by atoms with E-state index >= 15 is 0 Å². The van der Waals surface area contributed by atoms with Gasteiger partial charge < -0.3 is 5.73 Å². The topological polar surface area (TPSA) is 43.8 Å². The number of aromatic nitrogens is 2. The Hall–Kier alpha value is -2.07. The predicted molar refractivity (Wildman–Crippen MR) is 90.1 cm³/mol. The number of nitrogen functional groups attached to an aromatic ring is 1. The lowest BCUT2D eigenvalue weighted by molar-refractivity contribution is 0.689. The van der Waals surface area contributed by atoms with Crippen molar-refractivity contribution in [3.8, 4) is 11.3 Å².